The van der Waals surface area contributed by atoms with Crippen LogP contribution in [0.1, 0.15) is 31.2 Å². The Bertz CT molecular complexity index is 1030. The molecular formula is C22H24N4O2S. The number of rotatable bonds is 6. The molecule has 0 unspecified atom stereocenters. The first-order valence-corrected chi connectivity index (χ1v) is 10.5. The van der Waals surface area contributed by atoms with Crippen LogP contribution in [0.5, 0.6) is 11.5 Å². The van der Waals surface area contributed by atoms with Crippen molar-refractivity contribution in [1.82, 2.24) is 9.27 Å². The third-order valence-corrected chi connectivity index (χ3v) is 5.93. The van der Waals surface area contributed by atoms with Crippen molar-refractivity contribution < 1.29 is 4.74 Å². The Morgan fingerprint density at radius 2 is 1.72 bits per heavy atom. The Hall–Kier alpha value is -3.06. The Labute approximate surface area is 173 Å². The molecule has 6 nitrogen and oxygen atoms in total. The molecule has 1 saturated carbocycles. The number of para-hydroxylation sites is 1. The first-order chi connectivity index (χ1) is 14.1. The number of nitrogens with one attached hydrogen (secondary N) is 3. The van der Waals surface area contributed by atoms with Gasteiger partial charge in [0, 0.05) is 18.8 Å². The zero-order valence-corrected chi connectivity index (χ0v) is 17.1. The fraction of sp³-hybridized carbons (Fsp3) is 0.273. The van der Waals surface area contributed by atoms with Crippen LogP contribution in [-0.4, -0.2) is 15.8 Å². The highest BCUT2D eigenvalue weighted by Crippen LogP contribution is 2.27. The minimum absolute atomic E-state index is 0.156. The van der Waals surface area contributed by atoms with Gasteiger partial charge in [-0.1, -0.05) is 31.0 Å². The standard InChI is InChI=1S/C22H24N4O2S/c1-26-22(27)19(20(23)24-15-7-5-6-8-15)21(29-26)25-16-11-13-18(14-12-16)28-17-9-3-2-4-10-17/h2-4,9-15,25H,5-8H2,1H3,(H2,23,24). The second-order valence-corrected chi connectivity index (χ2v) is 8.30. The maximum absolute atomic E-state index is 12.6. The maximum Gasteiger partial charge on any atom is 0.273 e. The minimum Gasteiger partial charge on any atom is -0.457 e. The molecule has 150 valence electrons. The van der Waals surface area contributed by atoms with Crippen LogP contribution >= 0.6 is 11.5 Å². The summed E-state index contributed by atoms with van der Waals surface area (Å²) >= 11 is 1.31. The Morgan fingerprint density at radius 1 is 1.07 bits per heavy atom. The highest BCUT2D eigenvalue weighted by atomic mass is 32.1. The molecule has 0 radical (unpaired) electrons. The van der Waals surface area contributed by atoms with Crippen LogP contribution in [0.3, 0.4) is 0 Å². The number of nitrogens with zero attached hydrogens (tertiary/aromatic N) is 1. The molecular weight excluding hydrogens is 384 g/mol. The molecule has 0 spiro atoms. The van der Waals surface area contributed by atoms with Gasteiger partial charge in [-0.2, -0.15) is 0 Å². The van der Waals surface area contributed by atoms with Gasteiger partial charge >= 0.3 is 0 Å². The van der Waals surface area contributed by atoms with Crippen LogP contribution in [0.15, 0.2) is 59.4 Å². The van der Waals surface area contributed by atoms with E-state index in [2.05, 4.69) is 10.6 Å². The van der Waals surface area contributed by atoms with Crippen molar-refractivity contribution in [1.29, 1.82) is 5.41 Å². The summed E-state index contributed by atoms with van der Waals surface area (Å²) in [4.78, 5) is 12.6. The van der Waals surface area contributed by atoms with E-state index in [1.807, 2.05) is 54.6 Å². The van der Waals surface area contributed by atoms with Crippen LogP contribution in [0.25, 0.3) is 0 Å². The number of benzene rings is 2. The summed E-state index contributed by atoms with van der Waals surface area (Å²) in [6.07, 6.45) is 4.46. The van der Waals surface area contributed by atoms with Crippen molar-refractivity contribution in [3.8, 4) is 11.5 Å². The second kappa shape index (κ2) is 8.53. The summed E-state index contributed by atoms with van der Waals surface area (Å²) in [5, 5.41) is 15.6. The molecule has 0 bridgehead atoms. The van der Waals surface area contributed by atoms with Gasteiger partial charge in [0.2, 0.25) is 0 Å². The molecule has 1 aromatic heterocycles. The number of ether oxygens (including phenoxy) is 1. The molecule has 3 aromatic rings. The first kappa shape index (κ1) is 19.3. The zero-order chi connectivity index (χ0) is 20.2. The lowest BCUT2D eigenvalue weighted by Gasteiger charge is -2.14. The number of amidine groups is 1. The Balaban J connectivity index is 1.49. The van der Waals surface area contributed by atoms with Crippen molar-refractivity contribution in [2.75, 3.05) is 5.32 Å². The third-order valence-electron chi connectivity index (χ3n) is 5.00. The molecule has 1 fully saturated rings. The molecule has 3 N–H and O–H groups in total. The van der Waals surface area contributed by atoms with Crippen molar-refractivity contribution in [3.63, 3.8) is 0 Å². The lowest BCUT2D eigenvalue weighted by Crippen LogP contribution is -2.36. The van der Waals surface area contributed by atoms with Crippen molar-refractivity contribution in [2.45, 2.75) is 31.7 Å². The van der Waals surface area contributed by atoms with E-state index >= 15 is 0 Å². The van der Waals surface area contributed by atoms with Gasteiger partial charge in [-0.25, -0.2) is 0 Å². The molecule has 1 aliphatic carbocycles. The molecule has 0 saturated heterocycles. The van der Waals surface area contributed by atoms with E-state index in [1.165, 1.54) is 24.4 Å². The molecule has 1 aliphatic rings. The molecule has 1 heterocycles. The van der Waals surface area contributed by atoms with Gasteiger partial charge in [0.25, 0.3) is 5.56 Å². The normalized spacial score (nSPS) is 14.0. The predicted octanol–water partition coefficient (Wildman–Crippen LogP) is 4.84. The summed E-state index contributed by atoms with van der Waals surface area (Å²) in [5.74, 6) is 1.72. The largest absolute Gasteiger partial charge is 0.457 e. The monoisotopic (exact) mass is 408 g/mol. The molecule has 2 aromatic carbocycles. The number of aryl methyl sites for hydroxylation is 1. The fourth-order valence-corrected chi connectivity index (χ4v) is 4.39. The average molecular weight is 409 g/mol. The average Bonchev–Trinajstić information content (AvgIpc) is 3.32. The quantitative estimate of drug-likeness (QED) is 0.403. The smallest absolute Gasteiger partial charge is 0.273 e. The highest BCUT2D eigenvalue weighted by molar-refractivity contribution is 7.11. The van der Waals surface area contributed by atoms with Crippen LogP contribution < -0.4 is 20.9 Å². The van der Waals surface area contributed by atoms with Crippen LogP contribution in [0, 0.1) is 5.41 Å². The van der Waals surface area contributed by atoms with Crippen LogP contribution in [0.2, 0.25) is 0 Å². The molecule has 4 rings (SSSR count). The molecule has 7 heteroatoms. The summed E-state index contributed by atoms with van der Waals surface area (Å²) in [7, 11) is 1.72. The molecule has 29 heavy (non-hydrogen) atoms. The Kier molecular flexibility index (Phi) is 5.67. The van der Waals surface area contributed by atoms with Gasteiger partial charge in [0.1, 0.15) is 27.9 Å². The van der Waals surface area contributed by atoms with Gasteiger partial charge in [0.05, 0.1) is 0 Å². The fourth-order valence-electron chi connectivity index (χ4n) is 3.49. The van der Waals surface area contributed by atoms with Gasteiger partial charge in [-0.3, -0.25) is 14.2 Å². The highest BCUT2D eigenvalue weighted by Gasteiger charge is 2.22. The van der Waals surface area contributed by atoms with Gasteiger partial charge in [-0.15, -0.1) is 0 Å². The van der Waals surface area contributed by atoms with Crippen molar-refractivity contribution in [2.24, 2.45) is 7.05 Å². The van der Waals surface area contributed by atoms with Gasteiger partial charge in [0.15, 0.2) is 0 Å². The maximum atomic E-state index is 12.6. The summed E-state index contributed by atoms with van der Waals surface area (Å²) in [5.41, 5.74) is 1.08. The molecule has 0 amide bonds. The van der Waals surface area contributed by atoms with E-state index in [1.54, 1.807) is 11.0 Å². The van der Waals surface area contributed by atoms with Crippen molar-refractivity contribution in [3.05, 3.63) is 70.5 Å². The lowest BCUT2D eigenvalue weighted by molar-refractivity contribution is 0.483. The van der Waals surface area contributed by atoms with E-state index < -0.39 is 0 Å². The second-order valence-electron chi connectivity index (χ2n) is 7.16. The molecule has 0 atom stereocenters. The SMILES string of the molecule is Cn1sc(Nc2ccc(Oc3ccccc3)cc2)c(C(=N)NC2CCCC2)c1=O. The number of aromatic nitrogens is 1. The van der Waals surface area contributed by atoms with Gasteiger partial charge in [-0.05, 0) is 60.8 Å². The number of anilines is 2. The third kappa shape index (κ3) is 4.51. The van der Waals surface area contributed by atoms with E-state index in [9.17, 15) is 4.79 Å². The van der Waals surface area contributed by atoms with Gasteiger partial charge < -0.3 is 15.4 Å². The summed E-state index contributed by atoms with van der Waals surface area (Å²) in [6, 6.07) is 17.5. The van der Waals surface area contributed by atoms with E-state index in [0.717, 1.165) is 30.0 Å². The van der Waals surface area contributed by atoms with Crippen LogP contribution in [0.4, 0.5) is 10.7 Å². The lowest BCUT2D eigenvalue weighted by atomic mass is 10.2. The summed E-state index contributed by atoms with van der Waals surface area (Å²) in [6.45, 7) is 0. The van der Waals surface area contributed by atoms with E-state index in [0.29, 0.717) is 10.6 Å². The topological polar surface area (TPSA) is 79.1 Å². The van der Waals surface area contributed by atoms with Crippen molar-refractivity contribution >= 4 is 28.1 Å². The van der Waals surface area contributed by atoms with E-state index in [4.69, 9.17) is 10.1 Å². The first-order valence-electron chi connectivity index (χ1n) is 9.76. The minimum atomic E-state index is -0.156. The molecule has 0 aliphatic heterocycles. The number of hydrogen-bond acceptors (Lipinski definition) is 5. The van der Waals surface area contributed by atoms with Crippen LogP contribution in [-0.2, 0) is 7.05 Å². The Morgan fingerprint density at radius 3 is 2.41 bits per heavy atom. The van der Waals surface area contributed by atoms with E-state index in [-0.39, 0.29) is 17.4 Å². The summed E-state index contributed by atoms with van der Waals surface area (Å²) < 4.78 is 7.37. The predicted molar refractivity (Wildman–Crippen MR) is 118 cm³/mol. The zero-order valence-electron chi connectivity index (χ0n) is 16.3. The number of hydrogen-bond donors (Lipinski definition) is 3.